The molecule has 4 heteroatoms. The molecule has 124 valence electrons. The first kappa shape index (κ1) is 14.3. The number of hydrogen-bond donors (Lipinski definition) is 1. The Bertz CT molecular complexity index is 866. The summed E-state index contributed by atoms with van der Waals surface area (Å²) in [6, 6.07) is 6.18. The van der Waals surface area contributed by atoms with Crippen molar-refractivity contribution >= 4 is 16.9 Å². The van der Waals surface area contributed by atoms with Gasteiger partial charge in [0.1, 0.15) is 11.3 Å². The molecule has 0 unspecified atom stereocenters. The topological polar surface area (TPSA) is 67.5 Å². The van der Waals surface area contributed by atoms with Crippen LogP contribution in [0.5, 0.6) is 0 Å². The van der Waals surface area contributed by atoms with E-state index in [4.69, 9.17) is 9.52 Å². The molecule has 1 aromatic heterocycles. The van der Waals surface area contributed by atoms with Crippen molar-refractivity contribution in [3.8, 4) is 0 Å². The summed E-state index contributed by atoms with van der Waals surface area (Å²) in [4.78, 5) is 23.7. The predicted octanol–water partition coefficient (Wildman–Crippen LogP) is 4.03. The summed E-state index contributed by atoms with van der Waals surface area (Å²) in [6.07, 6.45) is 6.50. The molecule has 4 bridgehead atoms. The summed E-state index contributed by atoms with van der Waals surface area (Å²) in [5.74, 6) is 3.24. The maximum atomic E-state index is 12.6. The van der Waals surface area contributed by atoms with Crippen LogP contribution in [-0.2, 0) is 0 Å². The van der Waals surface area contributed by atoms with Crippen LogP contribution in [0.25, 0.3) is 11.0 Å². The minimum Gasteiger partial charge on any atom is -0.478 e. The number of hydrogen-bond acceptors (Lipinski definition) is 3. The fourth-order valence-corrected chi connectivity index (χ4v) is 5.86. The summed E-state index contributed by atoms with van der Waals surface area (Å²) in [7, 11) is 0. The maximum absolute atomic E-state index is 12.6. The molecule has 4 saturated carbocycles. The van der Waals surface area contributed by atoms with E-state index in [0.717, 1.165) is 17.6 Å². The summed E-state index contributed by atoms with van der Waals surface area (Å²) in [6.45, 7) is 0. The lowest BCUT2D eigenvalue weighted by atomic mass is 9.51. The Morgan fingerprint density at radius 2 is 1.67 bits per heavy atom. The highest BCUT2D eigenvalue weighted by Gasteiger charge is 2.49. The van der Waals surface area contributed by atoms with Gasteiger partial charge in [0.05, 0.1) is 10.9 Å². The van der Waals surface area contributed by atoms with E-state index in [1.165, 1.54) is 44.2 Å². The average molecular weight is 324 g/mol. The molecule has 1 N–H and O–H groups in total. The summed E-state index contributed by atoms with van der Waals surface area (Å²) in [5, 5.41) is 9.46. The zero-order valence-electron chi connectivity index (χ0n) is 13.4. The van der Waals surface area contributed by atoms with Crippen LogP contribution in [0.1, 0.15) is 54.1 Å². The third-order valence-electron chi connectivity index (χ3n) is 6.55. The van der Waals surface area contributed by atoms with E-state index in [0.29, 0.717) is 28.7 Å². The third-order valence-corrected chi connectivity index (χ3v) is 6.55. The quantitative estimate of drug-likeness (QED) is 0.905. The Morgan fingerprint density at radius 1 is 1.00 bits per heavy atom. The molecule has 0 saturated heterocycles. The van der Waals surface area contributed by atoms with Gasteiger partial charge in [0, 0.05) is 12.0 Å². The summed E-state index contributed by atoms with van der Waals surface area (Å²) >= 11 is 0. The van der Waals surface area contributed by atoms with E-state index in [-0.39, 0.29) is 11.0 Å². The van der Waals surface area contributed by atoms with Crippen LogP contribution in [0.4, 0.5) is 0 Å². The minimum absolute atomic E-state index is 0.122. The van der Waals surface area contributed by atoms with E-state index < -0.39 is 5.97 Å². The molecule has 2 aromatic rings. The first-order valence-corrected chi connectivity index (χ1v) is 8.89. The average Bonchev–Trinajstić information content (AvgIpc) is 2.53. The molecule has 0 aliphatic heterocycles. The third kappa shape index (κ3) is 2.05. The van der Waals surface area contributed by atoms with Gasteiger partial charge in [-0.3, -0.25) is 4.79 Å². The highest BCUT2D eigenvalue weighted by atomic mass is 16.4. The molecule has 6 rings (SSSR count). The number of fused-ring (bicyclic) bond motifs is 1. The van der Waals surface area contributed by atoms with Crippen molar-refractivity contribution in [2.45, 2.75) is 38.0 Å². The van der Waals surface area contributed by atoms with Gasteiger partial charge in [-0.1, -0.05) is 0 Å². The van der Waals surface area contributed by atoms with Crippen LogP contribution in [0.3, 0.4) is 0 Å². The first-order valence-electron chi connectivity index (χ1n) is 8.89. The van der Waals surface area contributed by atoms with E-state index in [1.807, 2.05) is 0 Å². The number of benzene rings is 1. The second-order valence-corrected chi connectivity index (χ2v) is 7.99. The van der Waals surface area contributed by atoms with Gasteiger partial charge >= 0.3 is 5.97 Å². The second kappa shape index (κ2) is 4.95. The molecule has 4 aliphatic rings. The van der Waals surface area contributed by atoms with E-state index in [1.54, 1.807) is 12.1 Å². The lowest BCUT2D eigenvalue weighted by molar-refractivity contribution is -0.00952. The zero-order chi connectivity index (χ0) is 16.4. The predicted molar refractivity (Wildman–Crippen MR) is 89.2 cm³/mol. The van der Waals surface area contributed by atoms with Gasteiger partial charge in [-0.15, -0.1) is 0 Å². The molecular formula is C20H20O4. The van der Waals surface area contributed by atoms with Gasteiger partial charge in [-0.2, -0.15) is 0 Å². The van der Waals surface area contributed by atoms with Crippen LogP contribution in [0, 0.1) is 23.7 Å². The lowest BCUT2D eigenvalue weighted by Crippen LogP contribution is -2.43. The van der Waals surface area contributed by atoms with E-state index in [9.17, 15) is 9.59 Å². The maximum Gasteiger partial charge on any atom is 0.335 e. The molecule has 0 spiro atoms. The van der Waals surface area contributed by atoms with Crippen LogP contribution in [0.2, 0.25) is 0 Å². The number of carbonyl (C=O) groups is 1. The fourth-order valence-electron chi connectivity index (χ4n) is 5.86. The molecule has 4 fully saturated rings. The number of carboxylic acids is 1. The van der Waals surface area contributed by atoms with Gasteiger partial charge in [-0.05, 0) is 74.0 Å². The molecular weight excluding hydrogens is 304 g/mol. The molecule has 24 heavy (non-hydrogen) atoms. The lowest BCUT2D eigenvalue weighted by Gasteiger charge is -2.53. The van der Waals surface area contributed by atoms with E-state index in [2.05, 4.69) is 0 Å². The van der Waals surface area contributed by atoms with Crippen molar-refractivity contribution in [3.63, 3.8) is 0 Å². The Labute approximate surface area is 139 Å². The summed E-state index contributed by atoms with van der Waals surface area (Å²) in [5.41, 5.74) is 0.511. The van der Waals surface area contributed by atoms with Crippen molar-refractivity contribution in [1.82, 2.24) is 0 Å². The van der Waals surface area contributed by atoms with Gasteiger partial charge in [0.25, 0.3) is 0 Å². The molecule has 0 atom stereocenters. The van der Waals surface area contributed by atoms with Crippen LogP contribution in [-0.4, -0.2) is 11.1 Å². The zero-order valence-corrected chi connectivity index (χ0v) is 13.4. The van der Waals surface area contributed by atoms with Crippen LogP contribution in [0.15, 0.2) is 33.5 Å². The van der Waals surface area contributed by atoms with Crippen molar-refractivity contribution in [3.05, 3.63) is 45.8 Å². The SMILES string of the molecule is O=C(O)c1ccc2oc(C3C4CC5CC(C4)CC3C5)cc(=O)c2c1. The molecule has 4 aliphatic carbocycles. The Hall–Kier alpha value is -2.10. The molecule has 4 nitrogen and oxygen atoms in total. The van der Waals surface area contributed by atoms with Crippen molar-refractivity contribution < 1.29 is 14.3 Å². The van der Waals surface area contributed by atoms with Crippen LogP contribution < -0.4 is 5.43 Å². The molecule has 0 amide bonds. The Balaban J connectivity index is 1.59. The summed E-state index contributed by atoms with van der Waals surface area (Å²) < 4.78 is 6.11. The van der Waals surface area contributed by atoms with Gasteiger partial charge in [0.2, 0.25) is 0 Å². The first-order chi connectivity index (χ1) is 11.6. The van der Waals surface area contributed by atoms with Crippen molar-refractivity contribution in [2.24, 2.45) is 23.7 Å². The van der Waals surface area contributed by atoms with Crippen molar-refractivity contribution in [2.75, 3.05) is 0 Å². The highest BCUT2D eigenvalue weighted by molar-refractivity contribution is 5.92. The van der Waals surface area contributed by atoms with Crippen molar-refractivity contribution in [1.29, 1.82) is 0 Å². The monoisotopic (exact) mass is 324 g/mol. The standard InChI is InChI=1S/C20H20O4/c21-16-9-18(24-17-2-1-12(20(22)23)8-15(16)17)19-13-4-10-3-11(6-13)7-14(19)5-10/h1-2,8-11,13-14,19H,3-7H2,(H,22,23). The Morgan fingerprint density at radius 3 is 2.29 bits per heavy atom. The van der Waals surface area contributed by atoms with Gasteiger partial charge in [-0.25, -0.2) is 4.79 Å². The largest absolute Gasteiger partial charge is 0.478 e. The fraction of sp³-hybridized carbons (Fsp3) is 0.500. The smallest absolute Gasteiger partial charge is 0.335 e. The van der Waals surface area contributed by atoms with Gasteiger partial charge < -0.3 is 9.52 Å². The molecule has 0 radical (unpaired) electrons. The molecule has 1 aromatic carbocycles. The number of aromatic carboxylic acids is 1. The van der Waals surface area contributed by atoms with E-state index >= 15 is 0 Å². The minimum atomic E-state index is -1.03. The number of carboxylic acid groups (broad SMARTS) is 1. The van der Waals surface area contributed by atoms with Crippen LogP contribution >= 0.6 is 0 Å². The second-order valence-electron chi connectivity index (χ2n) is 7.99. The Kier molecular flexibility index (Phi) is 2.94. The number of rotatable bonds is 2. The van der Waals surface area contributed by atoms with Gasteiger partial charge in [0.15, 0.2) is 5.43 Å². The normalized spacial score (nSPS) is 33.9. The molecule has 1 heterocycles. The highest BCUT2D eigenvalue weighted by Crippen LogP contribution is 2.59.